The summed E-state index contributed by atoms with van der Waals surface area (Å²) >= 11 is 0. The lowest BCUT2D eigenvalue weighted by atomic mass is 10.2. The molecule has 4 nitrogen and oxygen atoms in total. The van der Waals surface area contributed by atoms with Crippen LogP contribution in [0.4, 0.5) is 0 Å². The summed E-state index contributed by atoms with van der Waals surface area (Å²) < 4.78 is 5.30. The van der Waals surface area contributed by atoms with E-state index in [0.717, 1.165) is 12.8 Å². The summed E-state index contributed by atoms with van der Waals surface area (Å²) in [6.45, 7) is 2.51. The van der Waals surface area contributed by atoms with Crippen molar-refractivity contribution < 1.29 is 19.7 Å². The Labute approximate surface area is 88.1 Å². The van der Waals surface area contributed by atoms with E-state index in [0.29, 0.717) is 18.6 Å². The zero-order chi connectivity index (χ0) is 11.3. The molecule has 4 heteroatoms. The summed E-state index contributed by atoms with van der Waals surface area (Å²) in [5.74, 6) is -0.305. The molecule has 0 aromatic heterocycles. The Kier molecular flexibility index (Phi) is 3.97. The molecule has 1 aromatic carbocycles. The van der Waals surface area contributed by atoms with E-state index in [-0.39, 0.29) is 17.1 Å². The Bertz CT molecular complexity index is 347. The number of phenolic OH excluding ortho intramolecular Hbond substituents is 2. The Morgan fingerprint density at radius 3 is 2.60 bits per heavy atom. The van der Waals surface area contributed by atoms with Gasteiger partial charge in [-0.15, -0.1) is 0 Å². The fourth-order valence-electron chi connectivity index (χ4n) is 1.12. The third-order valence-electron chi connectivity index (χ3n) is 1.99. The molecule has 0 fully saturated rings. The highest BCUT2D eigenvalue weighted by Crippen LogP contribution is 2.32. The topological polar surface area (TPSA) is 66.8 Å². The molecule has 15 heavy (non-hydrogen) atoms. The van der Waals surface area contributed by atoms with Crippen molar-refractivity contribution in [1.82, 2.24) is 0 Å². The molecule has 82 valence electrons. The van der Waals surface area contributed by atoms with Crippen LogP contribution in [0.5, 0.6) is 17.2 Å². The van der Waals surface area contributed by atoms with Crippen LogP contribution in [0.2, 0.25) is 0 Å². The molecule has 0 saturated heterocycles. The van der Waals surface area contributed by atoms with Crippen molar-refractivity contribution in [3.8, 4) is 17.2 Å². The van der Waals surface area contributed by atoms with Crippen LogP contribution in [-0.2, 0) is 0 Å². The predicted molar refractivity (Wildman–Crippen MR) is 55.6 cm³/mol. The van der Waals surface area contributed by atoms with Crippen molar-refractivity contribution >= 4 is 6.29 Å². The number of hydrogen-bond acceptors (Lipinski definition) is 4. The molecule has 0 heterocycles. The number of carbonyl (C=O) groups excluding carboxylic acids is 1. The second-order valence-corrected chi connectivity index (χ2v) is 3.20. The Hall–Kier alpha value is -1.71. The maximum absolute atomic E-state index is 10.7. The van der Waals surface area contributed by atoms with E-state index in [1.807, 2.05) is 6.92 Å². The molecule has 0 atom stereocenters. The van der Waals surface area contributed by atoms with Gasteiger partial charge in [0.05, 0.1) is 12.2 Å². The second kappa shape index (κ2) is 5.24. The largest absolute Gasteiger partial charge is 0.504 e. The summed E-state index contributed by atoms with van der Waals surface area (Å²) in [7, 11) is 0. The van der Waals surface area contributed by atoms with Gasteiger partial charge in [0.15, 0.2) is 17.8 Å². The molecule has 0 amide bonds. The van der Waals surface area contributed by atoms with Crippen molar-refractivity contribution in [3.63, 3.8) is 0 Å². The summed E-state index contributed by atoms with van der Waals surface area (Å²) in [4.78, 5) is 10.7. The molecule has 2 N–H and O–H groups in total. The number of aromatic hydroxyl groups is 2. The summed E-state index contributed by atoms with van der Waals surface area (Å²) in [6.07, 6.45) is 2.45. The lowest BCUT2D eigenvalue weighted by Gasteiger charge is -2.08. The standard InChI is InChI=1S/C11H14O4/c1-2-3-4-15-11-6-10(14)9(13)5-8(11)7-12/h5-7,13-14H,2-4H2,1H3. The smallest absolute Gasteiger partial charge is 0.161 e. The minimum Gasteiger partial charge on any atom is -0.504 e. The molecule has 0 radical (unpaired) electrons. The molecule has 0 aliphatic rings. The molecule has 0 unspecified atom stereocenters. The number of ether oxygens (including phenoxy) is 1. The predicted octanol–water partition coefficient (Wildman–Crippen LogP) is 2.09. The average Bonchev–Trinajstić information content (AvgIpc) is 2.23. The van der Waals surface area contributed by atoms with Crippen LogP contribution >= 0.6 is 0 Å². The van der Waals surface area contributed by atoms with E-state index in [1.165, 1.54) is 12.1 Å². The molecular weight excluding hydrogens is 196 g/mol. The van der Waals surface area contributed by atoms with Gasteiger partial charge in [-0.1, -0.05) is 13.3 Å². The second-order valence-electron chi connectivity index (χ2n) is 3.20. The van der Waals surface area contributed by atoms with Crippen LogP contribution in [0.3, 0.4) is 0 Å². The highest BCUT2D eigenvalue weighted by Gasteiger charge is 2.08. The fraction of sp³-hybridized carbons (Fsp3) is 0.364. The Morgan fingerprint density at radius 1 is 1.33 bits per heavy atom. The quantitative estimate of drug-likeness (QED) is 0.443. The van der Waals surface area contributed by atoms with Crippen LogP contribution in [0, 0.1) is 0 Å². The van der Waals surface area contributed by atoms with Gasteiger partial charge < -0.3 is 14.9 Å². The van der Waals surface area contributed by atoms with E-state index in [9.17, 15) is 9.90 Å². The van der Waals surface area contributed by atoms with Crippen molar-refractivity contribution in [2.75, 3.05) is 6.61 Å². The average molecular weight is 210 g/mol. The van der Waals surface area contributed by atoms with Gasteiger partial charge >= 0.3 is 0 Å². The van der Waals surface area contributed by atoms with Gasteiger partial charge in [0, 0.05) is 6.07 Å². The van der Waals surface area contributed by atoms with Gasteiger partial charge in [-0.05, 0) is 12.5 Å². The van der Waals surface area contributed by atoms with E-state index in [2.05, 4.69) is 0 Å². The lowest BCUT2D eigenvalue weighted by Crippen LogP contribution is -1.99. The zero-order valence-electron chi connectivity index (χ0n) is 8.56. The number of aldehydes is 1. The number of rotatable bonds is 5. The summed E-state index contributed by atoms with van der Waals surface area (Å²) in [5.41, 5.74) is 0.237. The lowest BCUT2D eigenvalue weighted by molar-refractivity contribution is 0.111. The Balaban J connectivity index is 2.85. The highest BCUT2D eigenvalue weighted by atomic mass is 16.5. The van der Waals surface area contributed by atoms with E-state index >= 15 is 0 Å². The van der Waals surface area contributed by atoms with Gasteiger partial charge in [0.25, 0.3) is 0 Å². The summed E-state index contributed by atoms with van der Waals surface area (Å²) in [6, 6.07) is 2.43. The molecule has 0 spiro atoms. The minimum absolute atomic E-state index is 0.237. The molecule has 0 bridgehead atoms. The number of benzene rings is 1. The van der Waals surface area contributed by atoms with Gasteiger partial charge in [0.2, 0.25) is 0 Å². The van der Waals surface area contributed by atoms with Crippen molar-refractivity contribution in [2.45, 2.75) is 19.8 Å². The third kappa shape index (κ3) is 2.87. The first-order valence-electron chi connectivity index (χ1n) is 4.83. The van der Waals surface area contributed by atoms with Crippen LogP contribution in [0.25, 0.3) is 0 Å². The van der Waals surface area contributed by atoms with E-state index in [1.54, 1.807) is 0 Å². The van der Waals surface area contributed by atoms with Crippen LogP contribution in [-0.4, -0.2) is 23.1 Å². The first-order valence-corrected chi connectivity index (χ1v) is 4.83. The summed E-state index contributed by atoms with van der Waals surface area (Å²) in [5, 5.41) is 18.4. The Morgan fingerprint density at radius 2 is 2.00 bits per heavy atom. The van der Waals surface area contributed by atoms with Gasteiger partial charge in [-0.3, -0.25) is 4.79 Å². The van der Waals surface area contributed by atoms with Gasteiger partial charge in [-0.25, -0.2) is 0 Å². The monoisotopic (exact) mass is 210 g/mol. The molecular formula is C11H14O4. The maximum atomic E-state index is 10.7. The van der Waals surface area contributed by atoms with Crippen LogP contribution in [0.1, 0.15) is 30.1 Å². The van der Waals surface area contributed by atoms with Crippen molar-refractivity contribution in [1.29, 1.82) is 0 Å². The fourth-order valence-corrected chi connectivity index (χ4v) is 1.12. The number of unbranched alkanes of at least 4 members (excludes halogenated alkanes) is 1. The molecule has 1 rings (SSSR count). The highest BCUT2D eigenvalue weighted by molar-refractivity contribution is 5.81. The SMILES string of the molecule is CCCCOc1cc(O)c(O)cc1C=O. The van der Waals surface area contributed by atoms with Gasteiger partial charge in [0.1, 0.15) is 5.75 Å². The van der Waals surface area contributed by atoms with Gasteiger partial charge in [-0.2, -0.15) is 0 Å². The van der Waals surface area contributed by atoms with Crippen molar-refractivity contribution in [3.05, 3.63) is 17.7 Å². The van der Waals surface area contributed by atoms with Crippen LogP contribution in [0.15, 0.2) is 12.1 Å². The normalized spacial score (nSPS) is 9.93. The zero-order valence-corrected chi connectivity index (χ0v) is 8.56. The molecule has 1 aromatic rings. The number of hydrogen-bond donors (Lipinski definition) is 2. The number of phenols is 2. The van der Waals surface area contributed by atoms with Crippen LogP contribution < -0.4 is 4.74 Å². The molecule has 0 saturated carbocycles. The first kappa shape index (κ1) is 11.4. The maximum Gasteiger partial charge on any atom is 0.161 e. The molecule has 0 aliphatic carbocycles. The first-order chi connectivity index (χ1) is 7.19. The van der Waals surface area contributed by atoms with E-state index in [4.69, 9.17) is 9.84 Å². The minimum atomic E-state index is -0.319. The van der Waals surface area contributed by atoms with E-state index < -0.39 is 0 Å². The van der Waals surface area contributed by atoms with Crippen molar-refractivity contribution in [2.24, 2.45) is 0 Å². The third-order valence-corrected chi connectivity index (χ3v) is 1.99. The molecule has 0 aliphatic heterocycles. The number of carbonyl (C=O) groups is 1.